The van der Waals surface area contributed by atoms with Crippen LogP contribution in [0.1, 0.15) is 113 Å². The number of ether oxygens (including phenoxy) is 13. The van der Waals surface area contributed by atoms with Crippen molar-refractivity contribution in [3.05, 3.63) is 11.6 Å². The Bertz CT molecular complexity index is 2670. The van der Waals surface area contributed by atoms with Crippen molar-refractivity contribution in [1.82, 2.24) is 0 Å². The van der Waals surface area contributed by atoms with Crippen LogP contribution in [-0.4, -0.2) is 294 Å². The molecule has 5 aliphatic carbocycles. The van der Waals surface area contributed by atoms with Crippen molar-refractivity contribution >= 4 is 11.9 Å². The normalized spacial score (nSPS) is 53.8. The Balaban J connectivity index is 0.837. The molecule has 0 aromatic carbocycles. The highest BCUT2D eigenvalue weighted by Gasteiger charge is 2.72. The molecule has 4 saturated carbocycles. The Morgan fingerprint density at radius 3 is 1.65 bits per heavy atom. The second kappa shape index (κ2) is 26.6. The van der Waals surface area contributed by atoms with E-state index in [1.807, 2.05) is 0 Å². The van der Waals surface area contributed by atoms with Gasteiger partial charge in [0.1, 0.15) is 109 Å². The molecular formula is C63H100O30. The van der Waals surface area contributed by atoms with E-state index in [-0.39, 0.29) is 35.5 Å². The summed E-state index contributed by atoms with van der Waals surface area (Å²) in [5.41, 5.74) is -2.76. The summed E-state index contributed by atoms with van der Waals surface area (Å²) in [6, 6.07) is 0. The van der Waals surface area contributed by atoms with Crippen LogP contribution >= 0.6 is 0 Å². The molecule has 15 N–H and O–H groups in total. The van der Waals surface area contributed by atoms with Gasteiger partial charge >= 0.3 is 11.9 Å². The molecule has 93 heavy (non-hydrogen) atoms. The van der Waals surface area contributed by atoms with Gasteiger partial charge in [-0.2, -0.15) is 0 Å². The molecule has 0 aromatic heterocycles. The summed E-state index contributed by atoms with van der Waals surface area (Å²) in [6.45, 7) is 14.6. The van der Waals surface area contributed by atoms with Crippen molar-refractivity contribution in [2.75, 3.05) is 33.5 Å². The van der Waals surface area contributed by atoms with Gasteiger partial charge in [0.15, 0.2) is 43.7 Å². The summed E-state index contributed by atoms with van der Waals surface area (Å²) < 4.78 is 76.8. The van der Waals surface area contributed by atoms with Crippen LogP contribution < -0.4 is 0 Å². The Labute approximate surface area is 538 Å². The number of carbonyl (C=O) groups excluding carboxylic acids is 2. The van der Waals surface area contributed by atoms with Crippen LogP contribution in [0.3, 0.4) is 0 Å². The molecule has 0 bridgehead atoms. The Kier molecular flexibility index (Phi) is 20.6. The second-order valence-corrected chi connectivity index (χ2v) is 30.4. The van der Waals surface area contributed by atoms with E-state index < -0.39 is 238 Å². The smallest absolute Gasteiger partial charge is 0.337 e. The van der Waals surface area contributed by atoms with Crippen molar-refractivity contribution < 1.29 is 148 Å². The molecule has 0 spiro atoms. The summed E-state index contributed by atoms with van der Waals surface area (Å²) in [7, 11) is 1.13. The van der Waals surface area contributed by atoms with E-state index in [1.165, 1.54) is 6.92 Å². The summed E-state index contributed by atoms with van der Waals surface area (Å²) in [5.74, 6) is -2.19. The molecule has 0 amide bonds. The zero-order valence-corrected chi connectivity index (χ0v) is 54.0. The predicted molar refractivity (Wildman–Crippen MR) is 309 cm³/mol. The molecule has 6 heterocycles. The second-order valence-electron chi connectivity index (χ2n) is 30.4. The highest BCUT2D eigenvalue weighted by Crippen LogP contribution is 2.76. The van der Waals surface area contributed by atoms with Crippen LogP contribution in [0, 0.1) is 50.2 Å². The number of aliphatic hydroxyl groups is 15. The standard InChI is InChI=1S/C63H100O30/c1-24-45(88-51-40(74)35(69)27(64)20-82-51)47(90-53-43(77)46(30(67)23-84-53)89-52-41(75)36(70)28(65)21-83-52)44(78)55(86-24)92-49-37(71)29(66)22-85-56(49)93-57(80)63-17-16-58(2,3)18-26(63)25-10-11-32-60(6)14-13-34(87-54-42(76)38(72)39(73)48(91-54)50(79)81-9)59(4,5)31(60)12-15-61(32,7)62(25,8)19-33(63)68/h10,24,26-49,51-56,64-78H,11-23H2,1-9H3. The molecule has 6 aliphatic heterocycles. The monoisotopic (exact) mass is 1340 g/mol. The van der Waals surface area contributed by atoms with Crippen LogP contribution in [0.15, 0.2) is 11.6 Å². The van der Waals surface area contributed by atoms with E-state index in [4.69, 9.17) is 61.6 Å². The predicted octanol–water partition coefficient (Wildman–Crippen LogP) is -3.65. The molecule has 0 radical (unpaired) electrons. The topological polar surface area (TPSA) is 458 Å². The fourth-order valence-corrected chi connectivity index (χ4v) is 18.5. The van der Waals surface area contributed by atoms with Gasteiger partial charge < -0.3 is 138 Å². The minimum absolute atomic E-state index is 0.0613. The Morgan fingerprint density at radius 2 is 1.02 bits per heavy atom. The van der Waals surface area contributed by atoms with E-state index >= 15 is 4.79 Å². The van der Waals surface area contributed by atoms with Crippen molar-refractivity contribution in [1.29, 1.82) is 0 Å². The zero-order chi connectivity index (χ0) is 67.7. The van der Waals surface area contributed by atoms with Gasteiger partial charge in [0.05, 0.1) is 51.8 Å². The third kappa shape index (κ3) is 12.3. The van der Waals surface area contributed by atoms with E-state index in [0.717, 1.165) is 25.5 Å². The zero-order valence-electron chi connectivity index (χ0n) is 54.0. The molecule has 532 valence electrons. The Hall–Kier alpha value is -2.36. The molecule has 30 heteroatoms. The van der Waals surface area contributed by atoms with Crippen LogP contribution in [-0.2, 0) is 71.2 Å². The van der Waals surface area contributed by atoms with Crippen molar-refractivity contribution in [2.45, 2.75) is 285 Å². The van der Waals surface area contributed by atoms with Gasteiger partial charge in [0, 0.05) is 0 Å². The van der Waals surface area contributed by atoms with Crippen molar-refractivity contribution in [3.63, 3.8) is 0 Å². The lowest BCUT2D eigenvalue weighted by molar-refractivity contribution is -0.392. The number of fused-ring (bicyclic) bond motifs is 7. The third-order valence-corrected chi connectivity index (χ3v) is 24.2. The third-order valence-electron chi connectivity index (χ3n) is 24.2. The van der Waals surface area contributed by atoms with Gasteiger partial charge in [-0.25, -0.2) is 4.79 Å². The fraction of sp³-hybridized carbons (Fsp3) is 0.937. The highest BCUT2D eigenvalue weighted by molar-refractivity contribution is 5.80. The first kappa shape index (κ1) is 71.9. The first-order chi connectivity index (χ1) is 43.6. The van der Waals surface area contributed by atoms with Gasteiger partial charge in [0.25, 0.3) is 0 Å². The summed E-state index contributed by atoms with van der Waals surface area (Å²) in [6.07, 6.45) is -39.4. The summed E-state index contributed by atoms with van der Waals surface area (Å²) in [5, 5.41) is 166. The molecule has 35 atom stereocenters. The number of carbonyl (C=O) groups is 2. The van der Waals surface area contributed by atoms with Gasteiger partial charge in [-0.15, -0.1) is 0 Å². The minimum atomic E-state index is -2.08. The molecule has 35 unspecified atom stereocenters. The maximum atomic E-state index is 15.7. The largest absolute Gasteiger partial charge is 0.467 e. The Morgan fingerprint density at radius 1 is 0.495 bits per heavy atom. The lowest BCUT2D eigenvalue weighted by Crippen LogP contribution is -2.68. The first-order valence-corrected chi connectivity index (χ1v) is 32.8. The summed E-state index contributed by atoms with van der Waals surface area (Å²) in [4.78, 5) is 28.3. The van der Waals surface area contributed by atoms with E-state index in [1.54, 1.807) is 0 Å². The molecule has 6 saturated heterocycles. The average Bonchev–Trinajstić information content (AvgIpc) is 0.672. The van der Waals surface area contributed by atoms with Crippen LogP contribution in [0.5, 0.6) is 0 Å². The highest BCUT2D eigenvalue weighted by atomic mass is 16.8. The lowest BCUT2D eigenvalue weighted by atomic mass is 9.33. The molecule has 30 nitrogen and oxygen atoms in total. The number of methoxy groups -OCH3 is 1. The maximum Gasteiger partial charge on any atom is 0.337 e. The quantitative estimate of drug-likeness (QED) is 0.0480. The number of allylic oxidation sites excluding steroid dienone is 2. The fourth-order valence-electron chi connectivity index (χ4n) is 18.5. The molecule has 11 aliphatic rings. The van der Waals surface area contributed by atoms with Gasteiger partial charge in [-0.1, -0.05) is 60.1 Å². The molecule has 0 aromatic rings. The number of hydrogen-bond acceptors (Lipinski definition) is 30. The van der Waals surface area contributed by atoms with Crippen LogP contribution in [0.4, 0.5) is 0 Å². The SMILES string of the molecule is COC(=O)C1OC(OC2CCC3(C)C(CCC4(C)C3CC=C3C5CC(C)(C)CCC5(C(=O)OC5OCC(O)C(O)C5OC5OC(C)C(OC6OCC(O)C(O)C6O)C(OC6OCC(O)C(OC7OCC(O)C(O)C7O)C6O)C5O)C(O)CC34C)C2(C)C)C(O)C(O)C1O. The maximum absolute atomic E-state index is 15.7. The number of aliphatic hydroxyl groups excluding tert-OH is 15. The number of esters is 2. The van der Waals surface area contributed by atoms with Crippen LogP contribution in [0.2, 0.25) is 0 Å². The van der Waals surface area contributed by atoms with Gasteiger partial charge in [-0.05, 0) is 110 Å². The molecular weight excluding hydrogens is 1240 g/mol. The minimum Gasteiger partial charge on any atom is -0.467 e. The van der Waals surface area contributed by atoms with Gasteiger partial charge in [0.2, 0.25) is 6.29 Å². The number of hydrogen-bond donors (Lipinski definition) is 15. The molecule has 10 fully saturated rings. The van der Waals surface area contributed by atoms with E-state index in [9.17, 15) is 81.4 Å². The van der Waals surface area contributed by atoms with E-state index in [2.05, 4.69) is 54.5 Å². The van der Waals surface area contributed by atoms with Crippen molar-refractivity contribution in [3.8, 4) is 0 Å². The van der Waals surface area contributed by atoms with Crippen LogP contribution in [0.25, 0.3) is 0 Å². The van der Waals surface area contributed by atoms with E-state index in [0.29, 0.717) is 32.1 Å². The molecule has 11 rings (SSSR count). The average molecular weight is 1340 g/mol. The first-order valence-electron chi connectivity index (χ1n) is 32.8. The number of rotatable bonds is 13. The lowest BCUT2D eigenvalue weighted by Gasteiger charge is -2.71. The van der Waals surface area contributed by atoms with Crippen molar-refractivity contribution in [2.24, 2.45) is 50.2 Å². The van der Waals surface area contributed by atoms with Gasteiger partial charge in [-0.3, -0.25) is 4.79 Å². The summed E-state index contributed by atoms with van der Waals surface area (Å²) >= 11 is 0.